The van der Waals surface area contributed by atoms with Gasteiger partial charge in [-0.05, 0) is 12.1 Å². The predicted octanol–water partition coefficient (Wildman–Crippen LogP) is 3.13. The summed E-state index contributed by atoms with van der Waals surface area (Å²) in [7, 11) is 0. The van der Waals surface area contributed by atoms with Gasteiger partial charge in [0.2, 0.25) is 0 Å². The van der Waals surface area contributed by atoms with Crippen molar-refractivity contribution < 1.29 is 8.81 Å². The van der Waals surface area contributed by atoms with Gasteiger partial charge in [-0.15, -0.1) is 0 Å². The van der Waals surface area contributed by atoms with Crippen LogP contribution in [0.25, 0.3) is 12.0 Å². The van der Waals surface area contributed by atoms with E-state index in [2.05, 4.69) is 20.3 Å². The van der Waals surface area contributed by atoms with Gasteiger partial charge in [0, 0.05) is 10.0 Å². The Labute approximate surface area is 98.9 Å². The van der Waals surface area contributed by atoms with Crippen LogP contribution >= 0.6 is 15.9 Å². The van der Waals surface area contributed by atoms with Crippen molar-refractivity contribution in [2.75, 3.05) is 0 Å². The summed E-state index contributed by atoms with van der Waals surface area (Å²) in [5.74, 6) is -1.12. The molecular weight excluding hydrogens is 277 g/mol. The van der Waals surface area contributed by atoms with Gasteiger partial charge in [-0.1, -0.05) is 28.1 Å². The van der Waals surface area contributed by atoms with Crippen molar-refractivity contribution in [3.63, 3.8) is 0 Å². The van der Waals surface area contributed by atoms with Gasteiger partial charge in [-0.3, -0.25) is 4.57 Å². The number of nitrogens with zero attached hydrogens (tertiary/aromatic N) is 1. The van der Waals surface area contributed by atoms with Gasteiger partial charge in [0.1, 0.15) is 12.1 Å². The quantitative estimate of drug-likeness (QED) is 0.849. The summed E-state index contributed by atoms with van der Waals surface area (Å²) in [4.78, 5) is 11.0. The molecule has 0 unspecified atom stereocenters. The summed E-state index contributed by atoms with van der Waals surface area (Å²) in [5, 5.41) is 0. The molecule has 0 atom stereocenters. The average molecular weight is 284 g/mol. The first-order chi connectivity index (χ1) is 7.66. The fourth-order valence-electron chi connectivity index (χ4n) is 1.18. The summed E-state index contributed by atoms with van der Waals surface area (Å²) in [6.07, 6.45) is 3.63. The molecule has 0 radical (unpaired) electrons. The topological polar surface area (TPSA) is 35.1 Å². The molecule has 0 saturated heterocycles. The molecule has 0 spiro atoms. The summed E-state index contributed by atoms with van der Waals surface area (Å²) in [5.41, 5.74) is 0.399. The molecule has 0 saturated carbocycles. The number of aromatic nitrogens is 1. The highest BCUT2D eigenvalue weighted by Gasteiger charge is 2.02. The molecule has 0 aliphatic carbocycles. The highest BCUT2D eigenvalue weighted by molar-refractivity contribution is 9.10. The largest absolute Gasteiger partial charge is 0.423 e. The van der Waals surface area contributed by atoms with E-state index in [1.54, 1.807) is 24.3 Å². The first-order valence-corrected chi connectivity index (χ1v) is 5.25. The van der Waals surface area contributed by atoms with Crippen LogP contribution in [0, 0.1) is 0 Å². The third-order valence-electron chi connectivity index (χ3n) is 1.97. The Morgan fingerprint density at radius 3 is 2.62 bits per heavy atom. The summed E-state index contributed by atoms with van der Waals surface area (Å²) in [6, 6.07) is 6.67. The molecule has 3 nitrogen and oxygen atoms in total. The van der Waals surface area contributed by atoms with E-state index in [4.69, 9.17) is 0 Å². The molecule has 2 rings (SSSR count). The second kappa shape index (κ2) is 4.49. The van der Waals surface area contributed by atoms with Crippen molar-refractivity contribution >= 4 is 28.0 Å². The lowest BCUT2D eigenvalue weighted by Gasteiger charge is -1.97. The van der Waals surface area contributed by atoms with Gasteiger partial charge in [-0.2, -0.15) is 0 Å². The van der Waals surface area contributed by atoms with Crippen LogP contribution < -0.4 is 5.76 Å². The number of oxazole rings is 1. The van der Waals surface area contributed by atoms with E-state index in [0.29, 0.717) is 5.56 Å². The summed E-state index contributed by atoms with van der Waals surface area (Å²) in [6.45, 7) is 0. The van der Waals surface area contributed by atoms with Crippen LogP contribution in [0.15, 0.2) is 50.4 Å². The van der Waals surface area contributed by atoms with Crippen molar-refractivity contribution in [2.45, 2.75) is 0 Å². The van der Waals surface area contributed by atoms with Gasteiger partial charge in [-0.25, -0.2) is 9.18 Å². The Kier molecular flexibility index (Phi) is 3.05. The van der Waals surface area contributed by atoms with E-state index in [9.17, 15) is 9.18 Å². The molecule has 0 aliphatic rings. The molecule has 0 aliphatic heterocycles. The summed E-state index contributed by atoms with van der Waals surface area (Å²) >= 11 is 3.25. The Hall–Kier alpha value is -1.62. The normalized spacial score (nSPS) is 11.8. The van der Waals surface area contributed by atoms with Crippen LogP contribution in [0.5, 0.6) is 0 Å². The average Bonchev–Trinajstić information content (AvgIpc) is 2.65. The van der Waals surface area contributed by atoms with Gasteiger partial charge in [0.05, 0.1) is 12.4 Å². The Morgan fingerprint density at radius 2 is 2.06 bits per heavy atom. The maximum Gasteiger partial charge on any atom is 0.423 e. The molecule has 5 heteroatoms. The maximum absolute atomic E-state index is 13.7. The van der Waals surface area contributed by atoms with Crippen LogP contribution in [0.3, 0.4) is 0 Å². The van der Waals surface area contributed by atoms with E-state index < -0.39 is 11.6 Å². The fraction of sp³-hybridized carbons (Fsp3) is 0. The third kappa shape index (κ3) is 2.30. The molecule has 1 aromatic heterocycles. The Bertz CT molecular complexity index is 568. The third-order valence-corrected chi connectivity index (χ3v) is 2.50. The van der Waals surface area contributed by atoms with Crippen LogP contribution in [0.1, 0.15) is 5.56 Å². The minimum absolute atomic E-state index is 0.399. The second-order valence-electron chi connectivity index (χ2n) is 3.06. The number of halogens is 2. The van der Waals surface area contributed by atoms with Crippen LogP contribution in [-0.4, -0.2) is 4.57 Å². The first kappa shape index (κ1) is 10.9. The molecule has 0 N–H and O–H groups in total. The van der Waals surface area contributed by atoms with E-state index >= 15 is 0 Å². The number of hydrogen-bond donors (Lipinski definition) is 0. The van der Waals surface area contributed by atoms with Crippen molar-refractivity contribution in [1.82, 2.24) is 4.57 Å². The molecule has 1 aromatic carbocycles. The molecule has 1 heterocycles. The van der Waals surface area contributed by atoms with Crippen molar-refractivity contribution in [2.24, 2.45) is 0 Å². The molecule has 0 bridgehead atoms. The fourth-order valence-corrected chi connectivity index (χ4v) is 1.44. The van der Waals surface area contributed by atoms with Crippen LogP contribution in [0.2, 0.25) is 0 Å². The predicted molar refractivity (Wildman–Crippen MR) is 62.4 cm³/mol. The molecule has 0 amide bonds. The lowest BCUT2D eigenvalue weighted by Crippen LogP contribution is -2.06. The minimum Gasteiger partial charge on any atom is -0.416 e. The van der Waals surface area contributed by atoms with Crippen molar-refractivity contribution in [3.8, 4) is 0 Å². The Morgan fingerprint density at radius 1 is 1.38 bits per heavy atom. The number of hydrogen-bond acceptors (Lipinski definition) is 2. The SMILES string of the molecule is O=c1occn1/C=C(\F)c1ccc(Br)cc1. The zero-order valence-electron chi connectivity index (χ0n) is 8.06. The van der Waals surface area contributed by atoms with E-state index in [-0.39, 0.29) is 0 Å². The maximum atomic E-state index is 13.7. The molecular formula is C11H7BrFNO2. The standard InChI is InChI=1S/C11H7BrFNO2/c12-9-3-1-8(2-4-9)10(13)7-14-5-6-16-11(14)15/h1-7H/b10-7-. The molecule has 2 aromatic rings. The zero-order valence-corrected chi connectivity index (χ0v) is 9.65. The highest BCUT2D eigenvalue weighted by atomic mass is 79.9. The summed E-state index contributed by atoms with van der Waals surface area (Å²) < 4.78 is 20.1. The number of rotatable bonds is 2. The zero-order chi connectivity index (χ0) is 11.5. The smallest absolute Gasteiger partial charge is 0.416 e. The van der Waals surface area contributed by atoms with Crippen molar-refractivity contribution in [3.05, 3.63) is 57.3 Å². The van der Waals surface area contributed by atoms with Crippen molar-refractivity contribution in [1.29, 1.82) is 0 Å². The first-order valence-electron chi connectivity index (χ1n) is 4.46. The molecule has 0 fully saturated rings. The van der Waals surface area contributed by atoms with E-state index in [1.807, 2.05) is 0 Å². The highest BCUT2D eigenvalue weighted by Crippen LogP contribution is 2.19. The minimum atomic E-state index is -0.618. The lowest BCUT2D eigenvalue weighted by atomic mass is 10.2. The monoisotopic (exact) mass is 283 g/mol. The lowest BCUT2D eigenvalue weighted by molar-refractivity contribution is 0.506. The van der Waals surface area contributed by atoms with Gasteiger partial charge in [0.25, 0.3) is 0 Å². The van der Waals surface area contributed by atoms with Gasteiger partial charge >= 0.3 is 5.76 Å². The molecule has 16 heavy (non-hydrogen) atoms. The van der Waals surface area contributed by atoms with E-state index in [0.717, 1.165) is 15.2 Å². The van der Waals surface area contributed by atoms with E-state index in [1.165, 1.54) is 12.5 Å². The molecule has 82 valence electrons. The van der Waals surface area contributed by atoms with Crippen LogP contribution in [-0.2, 0) is 0 Å². The van der Waals surface area contributed by atoms with Crippen LogP contribution in [0.4, 0.5) is 4.39 Å². The van der Waals surface area contributed by atoms with Gasteiger partial charge in [0.15, 0.2) is 0 Å². The second-order valence-corrected chi connectivity index (χ2v) is 3.98. The Balaban J connectivity index is 2.35. The number of benzene rings is 1. The van der Waals surface area contributed by atoms with Gasteiger partial charge < -0.3 is 4.42 Å².